The lowest BCUT2D eigenvalue weighted by molar-refractivity contribution is -0.121. The summed E-state index contributed by atoms with van der Waals surface area (Å²) in [5, 5.41) is 12.5. The first kappa shape index (κ1) is 20.9. The van der Waals surface area contributed by atoms with Gasteiger partial charge in [-0.15, -0.1) is 0 Å². The maximum absolute atomic E-state index is 12.8. The summed E-state index contributed by atoms with van der Waals surface area (Å²) in [5.41, 5.74) is 1.05. The Morgan fingerprint density at radius 3 is 2.62 bits per heavy atom. The first-order valence-electron chi connectivity index (χ1n) is 9.34. The van der Waals surface area contributed by atoms with E-state index in [2.05, 4.69) is 10.3 Å². The van der Waals surface area contributed by atoms with Crippen LogP contribution in [0.15, 0.2) is 53.6 Å². The number of amides is 1. The fraction of sp³-hybridized carbons (Fsp3) is 0.350. The molecule has 0 bridgehead atoms. The van der Waals surface area contributed by atoms with Gasteiger partial charge in [0, 0.05) is 26.3 Å². The molecule has 3 rings (SSSR count). The molecule has 9 heteroatoms. The van der Waals surface area contributed by atoms with E-state index in [1.165, 1.54) is 29.7 Å². The summed E-state index contributed by atoms with van der Waals surface area (Å²) >= 11 is 0. The fourth-order valence-electron chi connectivity index (χ4n) is 3.15. The van der Waals surface area contributed by atoms with Gasteiger partial charge in [0.2, 0.25) is 15.9 Å². The number of likely N-dealkylation sites (N-methyl/N-ethyl adjacent to an activating group) is 1. The Morgan fingerprint density at radius 2 is 2.03 bits per heavy atom. The molecule has 1 atom stereocenters. The minimum absolute atomic E-state index is 0.0182. The molecule has 0 unspecified atom stereocenters. The number of rotatable bonds is 7. The summed E-state index contributed by atoms with van der Waals surface area (Å²) < 4.78 is 26.8. The normalized spacial score (nSPS) is 16.5. The van der Waals surface area contributed by atoms with Gasteiger partial charge in [-0.25, -0.2) is 17.7 Å². The van der Waals surface area contributed by atoms with E-state index in [0.717, 1.165) is 17.0 Å². The van der Waals surface area contributed by atoms with Crippen molar-refractivity contribution in [2.75, 3.05) is 31.6 Å². The molecule has 1 aromatic carbocycles. The Kier molecular flexibility index (Phi) is 6.59. The molecule has 152 valence electrons. The SMILES string of the molecule is CN(CCc1ccccc1)S(=O)(=O)c1ccc(N(C#N)C(=O)[C@H]2CCNC2)nc1. The van der Waals surface area contributed by atoms with Gasteiger partial charge in [0.1, 0.15) is 10.7 Å². The lowest BCUT2D eigenvalue weighted by atomic mass is 10.1. The smallest absolute Gasteiger partial charge is 0.246 e. The molecular formula is C20H23N5O3S. The highest BCUT2D eigenvalue weighted by molar-refractivity contribution is 7.89. The van der Waals surface area contributed by atoms with E-state index in [4.69, 9.17) is 0 Å². The standard InChI is InChI=1S/C20H23N5O3S/c1-24(12-10-16-5-3-2-4-6-16)29(27,28)18-7-8-19(23-14-18)25(15-21)20(26)17-9-11-22-13-17/h2-8,14,17,22H,9-13H2,1H3/t17-/m0/s1. The zero-order chi connectivity index (χ0) is 20.9. The molecule has 0 aliphatic carbocycles. The summed E-state index contributed by atoms with van der Waals surface area (Å²) in [5.74, 6) is -0.486. The summed E-state index contributed by atoms with van der Waals surface area (Å²) in [4.78, 5) is 17.5. The highest BCUT2D eigenvalue weighted by atomic mass is 32.2. The number of nitrogens with zero attached hydrogens (tertiary/aromatic N) is 4. The van der Waals surface area contributed by atoms with Crippen molar-refractivity contribution in [3.8, 4) is 6.19 Å². The van der Waals surface area contributed by atoms with E-state index in [0.29, 0.717) is 25.9 Å². The molecule has 29 heavy (non-hydrogen) atoms. The lowest BCUT2D eigenvalue weighted by Gasteiger charge is -2.19. The Hall–Kier alpha value is -2.80. The number of hydrogen-bond acceptors (Lipinski definition) is 6. The van der Waals surface area contributed by atoms with E-state index in [1.807, 2.05) is 36.5 Å². The van der Waals surface area contributed by atoms with Gasteiger partial charge in [-0.3, -0.25) is 4.79 Å². The van der Waals surface area contributed by atoms with Crippen LogP contribution in [0.2, 0.25) is 0 Å². The van der Waals surface area contributed by atoms with Gasteiger partial charge < -0.3 is 5.32 Å². The number of anilines is 1. The van der Waals surface area contributed by atoms with Crippen molar-refractivity contribution in [3.63, 3.8) is 0 Å². The number of hydrogen-bond donors (Lipinski definition) is 1. The van der Waals surface area contributed by atoms with Crippen molar-refractivity contribution in [1.82, 2.24) is 14.6 Å². The number of pyridine rings is 1. The number of nitriles is 1. The number of carbonyl (C=O) groups is 1. The molecule has 2 heterocycles. The first-order chi connectivity index (χ1) is 13.9. The molecule has 2 aromatic rings. The lowest BCUT2D eigenvalue weighted by Crippen LogP contribution is -2.34. The molecule has 0 saturated carbocycles. The van der Waals surface area contributed by atoms with Crippen LogP contribution in [-0.2, 0) is 21.2 Å². The van der Waals surface area contributed by atoms with Crippen molar-refractivity contribution < 1.29 is 13.2 Å². The highest BCUT2D eigenvalue weighted by Crippen LogP contribution is 2.20. The third-order valence-electron chi connectivity index (χ3n) is 4.95. The van der Waals surface area contributed by atoms with E-state index >= 15 is 0 Å². The van der Waals surface area contributed by atoms with Crippen LogP contribution in [0.1, 0.15) is 12.0 Å². The van der Waals surface area contributed by atoms with Crippen molar-refractivity contribution in [1.29, 1.82) is 5.26 Å². The Labute approximate surface area is 170 Å². The molecule has 0 spiro atoms. The van der Waals surface area contributed by atoms with Crippen LogP contribution in [0.25, 0.3) is 0 Å². The third-order valence-corrected chi connectivity index (χ3v) is 6.79. The summed E-state index contributed by atoms with van der Waals surface area (Å²) in [6.45, 7) is 1.58. The average molecular weight is 414 g/mol. The highest BCUT2D eigenvalue weighted by Gasteiger charge is 2.29. The largest absolute Gasteiger partial charge is 0.316 e. The third kappa shape index (κ3) is 4.79. The number of benzene rings is 1. The maximum Gasteiger partial charge on any atom is 0.246 e. The Bertz CT molecular complexity index is 981. The van der Waals surface area contributed by atoms with Crippen molar-refractivity contribution in [2.24, 2.45) is 5.92 Å². The second-order valence-corrected chi connectivity index (χ2v) is 8.92. The molecule has 1 aliphatic heterocycles. The number of sulfonamides is 1. The molecule has 8 nitrogen and oxygen atoms in total. The predicted molar refractivity (Wildman–Crippen MR) is 108 cm³/mol. The maximum atomic E-state index is 12.8. The van der Waals surface area contributed by atoms with Crippen LogP contribution >= 0.6 is 0 Å². The number of nitrogens with one attached hydrogen (secondary N) is 1. The van der Waals surface area contributed by atoms with Crippen LogP contribution < -0.4 is 10.2 Å². The zero-order valence-corrected chi connectivity index (χ0v) is 17.0. The molecule has 1 N–H and O–H groups in total. The molecule has 0 radical (unpaired) electrons. The van der Waals surface area contributed by atoms with Gasteiger partial charge in [-0.2, -0.15) is 10.2 Å². The topological polar surface area (TPSA) is 106 Å². The van der Waals surface area contributed by atoms with Crippen LogP contribution in [0.3, 0.4) is 0 Å². The van der Waals surface area contributed by atoms with Gasteiger partial charge >= 0.3 is 0 Å². The molecule has 1 saturated heterocycles. The van der Waals surface area contributed by atoms with E-state index in [1.54, 1.807) is 0 Å². The fourth-order valence-corrected chi connectivity index (χ4v) is 4.27. The van der Waals surface area contributed by atoms with Gasteiger partial charge in [0.15, 0.2) is 6.19 Å². The molecule has 1 aromatic heterocycles. The minimum Gasteiger partial charge on any atom is -0.316 e. The predicted octanol–water partition coefficient (Wildman–Crippen LogP) is 1.37. The minimum atomic E-state index is -3.72. The van der Waals surface area contributed by atoms with Gasteiger partial charge in [0.25, 0.3) is 0 Å². The Morgan fingerprint density at radius 1 is 1.28 bits per heavy atom. The zero-order valence-electron chi connectivity index (χ0n) is 16.2. The number of aromatic nitrogens is 1. The first-order valence-corrected chi connectivity index (χ1v) is 10.8. The summed E-state index contributed by atoms with van der Waals surface area (Å²) in [6, 6.07) is 12.4. The van der Waals surface area contributed by atoms with Crippen molar-refractivity contribution in [3.05, 3.63) is 54.2 Å². The van der Waals surface area contributed by atoms with Crippen LogP contribution in [-0.4, -0.2) is 50.3 Å². The molecule has 1 amide bonds. The van der Waals surface area contributed by atoms with Gasteiger partial charge in [-0.05, 0) is 37.1 Å². The van der Waals surface area contributed by atoms with Crippen molar-refractivity contribution >= 4 is 21.7 Å². The van der Waals surface area contributed by atoms with Gasteiger partial charge in [0.05, 0.1) is 5.92 Å². The van der Waals surface area contributed by atoms with E-state index in [9.17, 15) is 18.5 Å². The summed E-state index contributed by atoms with van der Waals surface area (Å²) in [7, 11) is -2.20. The quantitative estimate of drug-likeness (QED) is 0.543. The Balaban J connectivity index is 1.70. The van der Waals surface area contributed by atoms with E-state index < -0.39 is 10.0 Å². The van der Waals surface area contributed by atoms with E-state index in [-0.39, 0.29) is 22.5 Å². The second-order valence-electron chi connectivity index (χ2n) is 6.88. The number of carbonyl (C=O) groups excluding carboxylic acids is 1. The van der Waals surface area contributed by atoms with Gasteiger partial charge in [-0.1, -0.05) is 30.3 Å². The monoisotopic (exact) mass is 413 g/mol. The van der Waals surface area contributed by atoms with Crippen LogP contribution in [0.4, 0.5) is 5.82 Å². The molecule has 1 fully saturated rings. The molecule has 1 aliphatic rings. The second kappa shape index (κ2) is 9.13. The van der Waals surface area contributed by atoms with Crippen molar-refractivity contribution in [2.45, 2.75) is 17.7 Å². The molecular weight excluding hydrogens is 390 g/mol. The summed E-state index contributed by atoms with van der Waals surface area (Å²) in [6.07, 6.45) is 4.29. The van der Waals surface area contributed by atoms with Crippen LogP contribution in [0, 0.1) is 17.4 Å². The van der Waals surface area contributed by atoms with Crippen LogP contribution in [0.5, 0.6) is 0 Å². The average Bonchev–Trinajstić information content (AvgIpc) is 3.28.